The summed E-state index contributed by atoms with van der Waals surface area (Å²) in [4.78, 5) is 35.8. The Hall–Kier alpha value is -3.95. The molecule has 0 aromatic heterocycles. The van der Waals surface area contributed by atoms with Crippen LogP contribution in [0.25, 0.3) is 10.8 Å². The first-order chi connectivity index (χ1) is 20.2. The van der Waals surface area contributed by atoms with Gasteiger partial charge in [0.15, 0.2) is 12.2 Å². The van der Waals surface area contributed by atoms with Gasteiger partial charge in [0, 0.05) is 25.4 Å². The van der Waals surface area contributed by atoms with Crippen LogP contribution in [-0.2, 0) is 30.3 Å². The molecule has 0 heterocycles. The molecular weight excluding hydrogens is 536 g/mol. The van der Waals surface area contributed by atoms with Gasteiger partial charge in [0.2, 0.25) is 0 Å². The fourth-order valence-electron chi connectivity index (χ4n) is 4.76. The van der Waals surface area contributed by atoms with E-state index in [1.807, 2.05) is 38.1 Å². The highest BCUT2D eigenvalue weighted by Crippen LogP contribution is 2.18. The van der Waals surface area contributed by atoms with E-state index in [0.717, 1.165) is 36.9 Å². The average molecular weight is 579 g/mol. The third-order valence-electron chi connectivity index (χ3n) is 6.98. The largest absolute Gasteiger partial charge is 0.480 e. The molecule has 0 spiro atoms. The van der Waals surface area contributed by atoms with Gasteiger partial charge in [-0.05, 0) is 73.9 Å². The van der Waals surface area contributed by atoms with E-state index in [2.05, 4.69) is 47.0 Å². The molecule has 0 saturated heterocycles. The molecular formula is C33H42N2O7. The molecule has 0 radical (unpaired) electrons. The monoisotopic (exact) mass is 578 g/mol. The summed E-state index contributed by atoms with van der Waals surface area (Å²) in [5, 5.41) is 27.1. The molecule has 3 aromatic carbocycles. The van der Waals surface area contributed by atoms with Crippen LogP contribution in [-0.4, -0.2) is 66.6 Å². The number of hydrogen-bond donors (Lipinski definition) is 4. The highest BCUT2D eigenvalue weighted by molar-refractivity contribution is 5.88. The summed E-state index contributed by atoms with van der Waals surface area (Å²) >= 11 is 0. The maximum atomic E-state index is 12.9. The van der Waals surface area contributed by atoms with E-state index in [0.29, 0.717) is 25.9 Å². The van der Waals surface area contributed by atoms with Crippen molar-refractivity contribution in [3.8, 4) is 0 Å². The minimum absolute atomic E-state index is 0.124. The number of carbonyl (C=O) groups excluding carboxylic acids is 1. The van der Waals surface area contributed by atoms with E-state index in [9.17, 15) is 19.5 Å². The number of hydrogen-bond acceptors (Lipinski definition) is 6. The molecule has 9 heteroatoms. The summed E-state index contributed by atoms with van der Waals surface area (Å²) < 4.78 is 10.7. The van der Waals surface area contributed by atoms with E-state index in [-0.39, 0.29) is 6.61 Å². The minimum Gasteiger partial charge on any atom is -0.480 e. The first kappa shape index (κ1) is 32.6. The van der Waals surface area contributed by atoms with Gasteiger partial charge in [-0.1, -0.05) is 66.6 Å². The zero-order valence-electron chi connectivity index (χ0n) is 24.4. The van der Waals surface area contributed by atoms with Crippen LogP contribution in [0.1, 0.15) is 48.8 Å². The summed E-state index contributed by atoms with van der Waals surface area (Å²) in [6.07, 6.45) is 1.56. The number of carbonyl (C=O) groups is 3. The van der Waals surface area contributed by atoms with Gasteiger partial charge in [0.1, 0.15) is 6.61 Å². The molecule has 3 rings (SSSR count). The van der Waals surface area contributed by atoms with Crippen molar-refractivity contribution in [2.24, 2.45) is 0 Å². The van der Waals surface area contributed by atoms with Crippen LogP contribution >= 0.6 is 0 Å². The fraction of sp³-hybridized carbons (Fsp3) is 0.424. The Kier molecular flexibility index (Phi) is 13.3. The third kappa shape index (κ3) is 10.8. The summed E-state index contributed by atoms with van der Waals surface area (Å²) in [7, 11) is 0. The standard InChI is InChI=1S/C33H42N2O7/c1-23-13-16-28(24(2)20-23)34-17-8-9-19-41-30(31(33(39)40)42-22-29(36)37)32(38)35-18-7-3-4-10-25-14-15-26-11-5-6-12-27(26)21-25/h5-6,11-16,20-21,30-31,34H,3-4,7-10,17-19,22H2,1-2H3,(H,35,38)(H,36,37)(H,39,40). The Bertz CT molecular complexity index is 1330. The number of anilines is 1. The van der Waals surface area contributed by atoms with E-state index in [4.69, 9.17) is 14.6 Å². The predicted octanol–water partition coefficient (Wildman–Crippen LogP) is 5.12. The van der Waals surface area contributed by atoms with Crippen LogP contribution < -0.4 is 10.6 Å². The molecule has 2 atom stereocenters. The number of nitrogens with one attached hydrogen (secondary N) is 2. The van der Waals surface area contributed by atoms with Crippen LogP contribution in [0.3, 0.4) is 0 Å². The van der Waals surface area contributed by atoms with E-state index >= 15 is 0 Å². The lowest BCUT2D eigenvalue weighted by Gasteiger charge is -2.23. The van der Waals surface area contributed by atoms with Crippen molar-refractivity contribution >= 4 is 34.3 Å². The van der Waals surface area contributed by atoms with Crippen LogP contribution in [0.15, 0.2) is 60.7 Å². The Morgan fingerprint density at radius 3 is 2.29 bits per heavy atom. The molecule has 1 amide bonds. The Morgan fingerprint density at radius 1 is 0.786 bits per heavy atom. The first-order valence-electron chi connectivity index (χ1n) is 14.5. The third-order valence-corrected chi connectivity index (χ3v) is 6.98. The van der Waals surface area contributed by atoms with E-state index in [1.54, 1.807) is 0 Å². The van der Waals surface area contributed by atoms with Crippen molar-refractivity contribution in [2.45, 2.75) is 64.6 Å². The van der Waals surface area contributed by atoms with E-state index < -0.39 is 36.7 Å². The van der Waals surface area contributed by atoms with Gasteiger partial charge < -0.3 is 30.3 Å². The van der Waals surface area contributed by atoms with E-state index in [1.165, 1.54) is 21.9 Å². The van der Waals surface area contributed by atoms with Gasteiger partial charge in [0.25, 0.3) is 5.91 Å². The van der Waals surface area contributed by atoms with Gasteiger partial charge in [-0.2, -0.15) is 0 Å². The Morgan fingerprint density at radius 2 is 1.55 bits per heavy atom. The van der Waals surface area contributed by atoms with Gasteiger partial charge in [-0.25, -0.2) is 9.59 Å². The normalized spacial score (nSPS) is 12.5. The van der Waals surface area contributed by atoms with Crippen LogP contribution in [0.2, 0.25) is 0 Å². The lowest BCUT2D eigenvalue weighted by atomic mass is 10.0. The van der Waals surface area contributed by atoms with Crippen molar-refractivity contribution in [3.63, 3.8) is 0 Å². The minimum atomic E-state index is -1.73. The molecule has 3 aromatic rings. The SMILES string of the molecule is Cc1ccc(NCCCCOC(C(=O)NCCCCCc2ccc3ccccc3c2)C(OCC(=O)O)C(=O)O)c(C)c1. The molecule has 0 bridgehead atoms. The van der Waals surface area contributed by atoms with Gasteiger partial charge >= 0.3 is 11.9 Å². The Balaban J connectivity index is 1.43. The molecule has 0 aliphatic rings. The number of benzene rings is 3. The number of fused-ring (bicyclic) bond motifs is 1. The summed E-state index contributed by atoms with van der Waals surface area (Å²) in [5.41, 5.74) is 4.64. The predicted molar refractivity (Wildman–Crippen MR) is 163 cm³/mol. The molecule has 2 unspecified atom stereocenters. The highest BCUT2D eigenvalue weighted by Gasteiger charge is 2.36. The lowest BCUT2D eigenvalue weighted by molar-refractivity contribution is -0.172. The fourth-order valence-corrected chi connectivity index (χ4v) is 4.76. The summed E-state index contributed by atoms with van der Waals surface area (Å²) in [5.74, 6) is -3.41. The zero-order valence-corrected chi connectivity index (χ0v) is 24.4. The molecule has 4 N–H and O–H groups in total. The van der Waals surface area contributed by atoms with Crippen molar-refractivity contribution in [3.05, 3.63) is 77.4 Å². The number of unbranched alkanes of at least 4 members (excludes halogenated alkanes) is 3. The molecule has 0 saturated carbocycles. The van der Waals surface area contributed by atoms with Crippen LogP contribution in [0.4, 0.5) is 5.69 Å². The van der Waals surface area contributed by atoms with Crippen molar-refractivity contribution in [1.82, 2.24) is 5.32 Å². The molecule has 0 aliphatic heterocycles. The molecule has 9 nitrogen and oxygen atoms in total. The maximum Gasteiger partial charge on any atom is 0.336 e. The van der Waals surface area contributed by atoms with Crippen LogP contribution in [0, 0.1) is 13.8 Å². The molecule has 226 valence electrons. The second kappa shape index (κ2) is 17.1. The number of ether oxygens (including phenoxy) is 2. The highest BCUT2D eigenvalue weighted by atomic mass is 16.6. The zero-order chi connectivity index (χ0) is 30.3. The van der Waals surface area contributed by atoms with Gasteiger partial charge in [-0.15, -0.1) is 0 Å². The Labute approximate surface area is 247 Å². The van der Waals surface area contributed by atoms with Gasteiger partial charge in [0.05, 0.1) is 0 Å². The smallest absolute Gasteiger partial charge is 0.336 e. The van der Waals surface area contributed by atoms with Crippen molar-refractivity contribution < 1.29 is 34.1 Å². The van der Waals surface area contributed by atoms with Crippen molar-refractivity contribution in [2.75, 3.05) is 31.6 Å². The second-order valence-electron chi connectivity index (χ2n) is 10.5. The number of aliphatic carboxylic acids is 2. The quantitative estimate of drug-likeness (QED) is 0.144. The summed E-state index contributed by atoms with van der Waals surface area (Å²) in [6.45, 7) is 4.38. The number of carboxylic acids is 2. The van der Waals surface area contributed by atoms with Gasteiger partial charge in [-0.3, -0.25) is 4.79 Å². The van der Waals surface area contributed by atoms with Crippen molar-refractivity contribution in [1.29, 1.82) is 0 Å². The number of amides is 1. The topological polar surface area (TPSA) is 134 Å². The number of aryl methyl sites for hydroxylation is 3. The van der Waals surface area contributed by atoms with Crippen LogP contribution in [0.5, 0.6) is 0 Å². The second-order valence-corrected chi connectivity index (χ2v) is 10.5. The number of carboxylic acid groups (broad SMARTS) is 2. The molecule has 42 heavy (non-hydrogen) atoms. The molecule has 0 aliphatic carbocycles. The number of rotatable bonds is 19. The maximum absolute atomic E-state index is 12.9. The lowest BCUT2D eigenvalue weighted by Crippen LogP contribution is -2.49. The average Bonchev–Trinajstić information content (AvgIpc) is 2.96. The molecule has 0 fully saturated rings. The summed E-state index contributed by atoms with van der Waals surface area (Å²) in [6, 6.07) is 20.9. The first-order valence-corrected chi connectivity index (χ1v) is 14.5.